The Bertz CT molecular complexity index is 307. The second-order valence-electron chi connectivity index (χ2n) is 6.46. The maximum atomic E-state index is 9.10. The van der Waals surface area contributed by atoms with Gasteiger partial charge in [0.25, 0.3) is 0 Å². The molecule has 2 fully saturated rings. The summed E-state index contributed by atoms with van der Waals surface area (Å²) in [6, 6.07) is 0. The van der Waals surface area contributed by atoms with Crippen LogP contribution in [0, 0.1) is 22.7 Å². The van der Waals surface area contributed by atoms with Gasteiger partial charge in [-0.3, -0.25) is 0 Å². The zero-order valence-corrected chi connectivity index (χ0v) is 11.2. The van der Waals surface area contributed by atoms with E-state index in [1.807, 2.05) is 0 Å². The first-order chi connectivity index (χ1) is 7.45. The Morgan fingerprint density at radius 3 is 2.56 bits per heavy atom. The average molecular weight is 222 g/mol. The topological polar surface area (TPSA) is 20.2 Å². The van der Waals surface area contributed by atoms with Gasteiger partial charge in [0.05, 0.1) is 6.61 Å². The highest BCUT2D eigenvalue weighted by atomic mass is 16.2. The van der Waals surface area contributed by atoms with Gasteiger partial charge in [0.15, 0.2) is 0 Å². The van der Waals surface area contributed by atoms with E-state index in [4.69, 9.17) is 5.11 Å². The number of allylic oxidation sites excluding steroid dienone is 1. The van der Waals surface area contributed by atoms with Crippen molar-refractivity contribution in [1.29, 1.82) is 0 Å². The van der Waals surface area contributed by atoms with E-state index >= 15 is 0 Å². The Hall–Kier alpha value is -0.300. The molecule has 2 saturated carbocycles. The van der Waals surface area contributed by atoms with Gasteiger partial charge < -0.3 is 5.11 Å². The van der Waals surface area contributed by atoms with Gasteiger partial charge in [-0.2, -0.15) is 0 Å². The van der Waals surface area contributed by atoms with Crippen LogP contribution < -0.4 is 0 Å². The first kappa shape index (κ1) is 12.2. The first-order valence-electron chi connectivity index (χ1n) is 6.75. The Labute approximate surface area is 99.9 Å². The normalized spacial score (nSPS) is 50.7. The molecule has 2 rings (SSSR count). The molecule has 0 bridgehead atoms. The molecule has 2 aliphatic carbocycles. The van der Waals surface area contributed by atoms with Crippen LogP contribution in [-0.2, 0) is 0 Å². The zero-order chi connectivity index (χ0) is 12.0. The lowest BCUT2D eigenvalue weighted by atomic mass is 9.52. The van der Waals surface area contributed by atoms with Crippen LogP contribution in [0.5, 0.6) is 0 Å². The van der Waals surface area contributed by atoms with Crippen LogP contribution in [0.4, 0.5) is 0 Å². The largest absolute Gasteiger partial charge is 0.392 e. The molecule has 0 aromatic heterocycles. The van der Waals surface area contributed by atoms with Gasteiger partial charge in [-0.15, -0.1) is 0 Å². The number of rotatable bonds is 1. The van der Waals surface area contributed by atoms with Crippen molar-refractivity contribution in [3.63, 3.8) is 0 Å². The quantitative estimate of drug-likeness (QED) is 0.669. The highest BCUT2D eigenvalue weighted by Crippen LogP contribution is 2.66. The van der Waals surface area contributed by atoms with E-state index in [-0.39, 0.29) is 6.61 Å². The molecule has 0 aliphatic heterocycles. The predicted octanol–water partition coefficient (Wildman–Crippen LogP) is 3.78. The molecular weight excluding hydrogens is 196 g/mol. The summed E-state index contributed by atoms with van der Waals surface area (Å²) in [6.07, 6.45) is 7.29. The molecule has 0 radical (unpaired) electrons. The van der Waals surface area contributed by atoms with Crippen molar-refractivity contribution in [2.24, 2.45) is 22.7 Å². The summed E-state index contributed by atoms with van der Waals surface area (Å²) in [5.41, 5.74) is 2.46. The van der Waals surface area contributed by atoms with E-state index in [2.05, 4.69) is 33.8 Å². The number of fused-ring (bicyclic) bond motifs is 1. The second kappa shape index (κ2) is 3.87. The summed E-state index contributed by atoms with van der Waals surface area (Å²) < 4.78 is 0. The average Bonchev–Trinajstić information content (AvgIpc) is 2.49. The maximum Gasteiger partial charge on any atom is 0.0615 e. The molecule has 0 aromatic rings. The fraction of sp³-hybridized carbons (Fsp3) is 0.867. The van der Waals surface area contributed by atoms with E-state index < -0.39 is 0 Å². The third-order valence-electron chi connectivity index (χ3n) is 6.29. The van der Waals surface area contributed by atoms with Gasteiger partial charge in [0, 0.05) is 0 Å². The van der Waals surface area contributed by atoms with Crippen LogP contribution in [0.3, 0.4) is 0 Å². The fourth-order valence-electron chi connectivity index (χ4n) is 4.35. The first-order valence-corrected chi connectivity index (χ1v) is 6.75. The van der Waals surface area contributed by atoms with Gasteiger partial charge >= 0.3 is 0 Å². The van der Waals surface area contributed by atoms with Crippen LogP contribution in [-0.4, -0.2) is 11.7 Å². The van der Waals surface area contributed by atoms with Crippen LogP contribution in [0.15, 0.2) is 11.6 Å². The molecule has 2 aliphatic rings. The van der Waals surface area contributed by atoms with Crippen molar-refractivity contribution in [2.45, 2.75) is 53.4 Å². The van der Waals surface area contributed by atoms with Crippen molar-refractivity contribution in [2.75, 3.05) is 6.61 Å². The number of hydrogen-bond acceptors (Lipinski definition) is 1. The Balaban J connectivity index is 2.34. The standard InChI is InChI=1S/C15H26O/c1-11-5-8-15(4)12(2)13(7-10-16)6-9-14(11,15)3/h7,11-12,16H,5-6,8-10H2,1-4H3/b13-7-/t11-,12-,14+,15+/m1/s1. The van der Waals surface area contributed by atoms with Crippen molar-refractivity contribution in [3.8, 4) is 0 Å². The predicted molar refractivity (Wildman–Crippen MR) is 68.2 cm³/mol. The summed E-state index contributed by atoms with van der Waals surface area (Å²) in [4.78, 5) is 0. The highest BCUT2D eigenvalue weighted by molar-refractivity contribution is 5.20. The van der Waals surface area contributed by atoms with Gasteiger partial charge in [-0.25, -0.2) is 0 Å². The van der Waals surface area contributed by atoms with Crippen LogP contribution in [0.1, 0.15) is 53.4 Å². The maximum absolute atomic E-state index is 9.10. The molecule has 0 heterocycles. The van der Waals surface area contributed by atoms with Crippen LogP contribution in [0.2, 0.25) is 0 Å². The lowest BCUT2D eigenvalue weighted by molar-refractivity contribution is 0.00330. The highest BCUT2D eigenvalue weighted by Gasteiger charge is 2.57. The minimum atomic E-state index is 0.210. The Morgan fingerprint density at radius 1 is 1.25 bits per heavy atom. The van der Waals surface area contributed by atoms with Crippen molar-refractivity contribution in [1.82, 2.24) is 0 Å². The molecule has 92 valence electrons. The van der Waals surface area contributed by atoms with E-state index in [0.29, 0.717) is 16.7 Å². The molecule has 0 amide bonds. The molecule has 0 aromatic carbocycles. The molecule has 1 N–H and O–H groups in total. The monoisotopic (exact) mass is 222 g/mol. The summed E-state index contributed by atoms with van der Waals surface area (Å²) in [5.74, 6) is 1.50. The molecular formula is C15H26O. The van der Waals surface area contributed by atoms with Gasteiger partial charge in [0.1, 0.15) is 0 Å². The Morgan fingerprint density at radius 2 is 1.94 bits per heavy atom. The lowest BCUT2D eigenvalue weighted by Crippen LogP contribution is -2.45. The third kappa shape index (κ3) is 1.40. The summed E-state index contributed by atoms with van der Waals surface area (Å²) in [7, 11) is 0. The number of aliphatic hydroxyl groups is 1. The summed E-state index contributed by atoms with van der Waals surface area (Å²) >= 11 is 0. The molecule has 1 heteroatoms. The molecule has 16 heavy (non-hydrogen) atoms. The SMILES string of the molecule is C[C@@H]1CC[C@@]2(C)[C@H](C)/C(=C\CO)CC[C@@]12C. The minimum absolute atomic E-state index is 0.210. The summed E-state index contributed by atoms with van der Waals surface area (Å²) in [6.45, 7) is 9.99. The number of aliphatic hydroxyl groups excluding tert-OH is 1. The van der Waals surface area contributed by atoms with Crippen molar-refractivity contribution in [3.05, 3.63) is 11.6 Å². The van der Waals surface area contributed by atoms with Gasteiger partial charge in [0.2, 0.25) is 0 Å². The van der Waals surface area contributed by atoms with Crippen molar-refractivity contribution < 1.29 is 5.11 Å². The molecule has 0 saturated heterocycles. The lowest BCUT2D eigenvalue weighted by Gasteiger charge is -2.52. The van der Waals surface area contributed by atoms with Gasteiger partial charge in [-0.1, -0.05) is 39.3 Å². The summed E-state index contributed by atoms with van der Waals surface area (Å²) in [5, 5.41) is 9.10. The Kier molecular flexibility index (Phi) is 2.94. The van der Waals surface area contributed by atoms with Gasteiger partial charge in [-0.05, 0) is 48.3 Å². The molecule has 0 unspecified atom stereocenters. The fourth-order valence-corrected chi connectivity index (χ4v) is 4.35. The second-order valence-corrected chi connectivity index (χ2v) is 6.46. The zero-order valence-electron chi connectivity index (χ0n) is 11.2. The van der Waals surface area contributed by atoms with E-state index in [1.54, 1.807) is 0 Å². The number of hydrogen-bond donors (Lipinski definition) is 1. The van der Waals surface area contributed by atoms with Crippen LogP contribution in [0.25, 0.3) is 0 Å². The minimum Gasteiger partial charge on any atom is -0.392 e. The molecule has 1 nitrogen and oxygen atoms in total. The third-order valence-corrected chi connectivity index (χ3v) is 6.29. The molecule has 0 spiro atoms. The van der Waals surface area contributed by atoms with Crippen LogP contribution >= 0.6 is 0 Å². The smallest absolute Gasteiger partial charge is 0.0615 e. The molecule has 4 atom stereocenters. The van der Waals surface area contributed by atoms with E-state index in [0.717, 1.165) is 5.92 Å². The van der Waals surface area contributed by atoms with E-state index in [1.165, 1.54) is 31.3 Å². The van der Waals surface area contributed by atoms with E-state index in [9.17, 15) is 0 Å². The van der Waals surface area contributed by atoms with Crippen molar-refractivity contribution >= 4 is 0 Å².